The normalized spacial score (nSPS) is 21.2. The molecule has 0 radical (unpaired) electrons. The van der Waals surface area contributed by atoms with Crippen molar-refractivity contribution in [2.24, 2.45) is 0 Å². The fourth-order valence-electron chi connectivity index (χ4n) is 2.72. The van der Waals surface area contributed by atoms with Gasteiger partial charge >= 0.3 is 0 Å². The van der Waals surface area contributed by atoms with Gasteiger partial charge in [-0.25, -0.2) is 0 Å². The highest BCUT2D eigenvalue weighted by Gasteiger charge is 2.30. The van der Waals surface area contributed by atoms with Crippen molar-refractivity contribution in [2.75, 3.05) is 19.8 Å². The number of ether oxygens (including phenoxy) is 1. The molecule has 0 bridgehead atoms. The summed E-state index contributed by atoms with van der Waals surface area (Å²) in [4.78, 5) is 18.8. The van der Waals surface area contributed by atoms with Crippen LogP contribution in [0.1, 0.15) is 17.3 Å². The molecule has 2 heterocycles. The third kappa shape index (κ3) is 3.41. The lowest BCUT2D eigenvalue weighted by molar-refractivity contribution is -0.0667. The maximum absolute atomic E-state index is 12.8. The number of amides is 1. The van der Waals surface area contributed by atoms with E-state index in [0.717, 1.165) is 11.1 Å². The van der Waals surface area contributed by atoms with Gasteiger partial charge in [0.15, 0.2) is 0 Å². The number of aliphatic hydroxyl groups is 1. The average molecular weight is 312 g/mol. The molecule has 5 nitrogen and oxygen atoms in total. The molecule has 0 saturated carbocycles. The minimum Gasteiger partial charge on any atom is -0.394 e. The van der Waals surface area contributed by atoms with Gasteiger partial charge in [-0.05, 0) is 18.6 Å². The number of aliphatic hydroxyl groups excluding tert-OH is 1. The fourth-order valence-corrected chi connectivity index (χ4v) is 2.72. The smallest absolute Gasteiger partial charge is 0.255 e. The van der Waals surface area contributed by atoms with Gasteiger partial charge in [0.25, 0.3) is 5.91 Å². The van der Waals surface area contributed by atoms with E-state index in [1.54, 1.807) is 17.3 Å². The van der Waals surface area contributed by atoms with Crippen molar-refractivity contribution in [1.82, 2.24) is 9.88 Å². The van der Waals surface area contributed by atoms with E-state index in [1.807, 2.05) is 43.3 Å². The van der Waals surface area contributed by atoms with E-state index >= 15 is 0 Å². The number of carbonyl (C=O) groups excluding carboxylic acids is 1. The van der Waals surface area contributed by atoms with Crippen molar-refractivity contribution in [2.45, 2.75) is 19.1 Å². The lowest BCUT2D eigenvalue weighted by Crippen LogP contribution is -2.52. The molecule has 0 spiro atoms. The van der Waals surface area contributed by atoms with Crippen LogP contribution >= 0.6 is 0 Å². The lowest BCUT2D eigenvalue weighted by Gasteiger charge is -2.37. The number of pyridine rings is 1. The maximum atomic E-state index is 12.8. The van der Waals surface area contributed by atoms with Crippen molar-refractivity contribution in [3.63, 3.8) is 0 Å². The maximum Gasteiger partial charge on any atom is 0.255 e. The molecular formula is C18H20N2O3. The second kappa shape index (κ2) is 6.89. The third-order valence-corrected chi connectivity index (χ3v) is 4.06. The average Bonchev–Trinajstić information content (AvgIpc) is 2.62. The zero-order valence-corrected chi connectivity index (χ0v) is 13.1. The van der Waals surface area contributed by atoms with Crippen molar-refractivity contribution >= 4 is 5.91 Å². The second-order valence-corrected chi connectivity index (χ2v) is 5.77. The first-order valence-corrected chi connectivity index (χ1v) is 7.73. The Morgan fingerprint density at radius 2 is 2.09 bits per heavy atom. The molecule has 1 saturated heterocycles. The van der Waals surface area contributed by atoms with E-state index in [-0.39, 0.29) is 24.7 Å². The van der Waals surface area contributed by atoms with E-state index in [2.05, 4.69) is 4.98 Å². The number of nitrogens with zero attached hydrogens (tertiary/aromatic N) is 2. The molecule has 0 unspecified atom stereocenters. The first-order chi connectivity index (χ1) is 11.2. The largest absolute Gasteiger partial charge is 0.394 e. The number of hydrogen-bond donors (Lipinski definition) is 1. The van der Waals surface area contributed by atoms with Crippen LogP contribution in [0.2, 0.25) is 0 Å². The standard InChI is InChI=1S/C18H20N2O3/c1-13-12-23-17(11-21)10-20(13)18(22)16-7-15(8-19-9-16)14-5-3-2-4-6-14/h2-9,13,17,21H,10-12H2,1H3/t13-,17-/m0/s1. The Kier molecular flexibility index (Phi) is 4.69. The van der Waals surface area contributed by atoms with E-state index in [1.165, 1.54) is 0 Å². The molecule has 2 aromatic rings. The predicted octanol–water partition coefficient (Wildman–Crippen LogP) is 1.97. The third-order valence-electron chi connectivity index (χ3n) is 4.06. The Morgan fingerprint density at radius 1 is 1.30 bits per heavy atom. The Morgan fingerprint density at radius 3 is 2.83 bits per heavy atom. The summed E-state index contributed by atoms with van der Waals surface area (Å²) in [6, 6.07) is 11.7. The first kappa shape index (κ1) is 15.6. The molecule has 120 valence electrons. The van der Waals surface area contributed by atoms with Crippen LogP contribution in [-0.2, 0) is 4.74 Å². The number of hydrogen-bond acceptors (Lipinski definition) is 4. The van der Waals surface area contributed by atoms with Gasteiger partial charge in [0.05, 0.1) is 30.9 Å². The van der Waals surface area contributed by atoms with E-state index in [4.69, 9.17) is 4.74 Å². The van der Waals surface area contributed by atoms with Gasteiger partial charge in [-0.15, -0.1) is 0 Å². The van der Waals surface area contributed by atoms with Crippen LogP contribution in [0.25, 0.3) is 11.1 Å². The van der Waals surface area contributed by atoms with Crippen molar-refractivity contribution in [3.05, 3.63) is 54.4 Å². The first-order valence-electron chi connectivity index (χ1n) is 7.73. The summed E-state index contributed by atoms with van der Waals surface area (Å²) < 4.78 is 5.49. The quantitative estimate of drug-likeness (QED) is 0.941. The van der Waals surface area contributed by atoms with E-state index < -0.39 is 0 Å². The summed E-state index contributed by atoms with van der Waals surface area (Å²) in [6.45, 7) is 2.69. The van der Waals surface area contributed by atoms with Gasteiger partial charge in [-0.3, -0.25) is 9.78 Å². The van der Waals surface area contributed by atoms with Crippen LogP contribution in [-0.4, -0.2) is 52.8 Å². The van der Waals surface area contributed by atoms with Gasteiger partial charge in [-0.2, -0.15) is 0 Å². The molecule has 1 aromatic carbocycles. The lowest BCUT2D eigenvalue weighted by atomic mass is 10.0. The molecule has 5 heteroatoms. The Labute approximate surface area is 135 Å². The number of rotatable bonds is 3. The number of aromatic nitrogens is 1. The molecule has 3 rings (SSSR count). The molecule has 2 atom stereocenters. The molecule has 1 aromatic heterocycles. The van der Waals surface area contributed by atoms with Gasteiger partial charge < -0.3 is 14.7 Å². The summed E-state index contributed by atoms with van der Waals surface area (Å²) in [5, 5.41) is 9.26. The zero-order valence-electron chi connectivity index (χ0n) is 13.1. The SMILES string of the molecule is C[C@H]1CO[C@H](CO)CN1C(=O)c1cncc(-c2ccccc2)c1. The van der Waals surface area contributed by atoms with Crippen LogP contribution in [0.3, 0.4) is 0 Å². The number of carbonyl (C=O) groups is 1. The summed E-state index contributed by atoms with van der Waals surface area (Å²) in [5.41, 5.74) is 2.49. The van der Waals surface area contributed by atoms with Crippen LogP contribution in [0.4, 0.5) is 0 Å². The second-order valence-electron chi connectivity index (χ2n) is 5.77. The molecule has 1 aliphatic heterocycles. The number of benzene rings is 1. The van der Waals surface area contributed by atoms with Gasteiger partial charge in [-0.1, -0.05) is 30.3 Å². The summed E-state index contributed by atoms with van der Waals surface area (Å²) in [5.74, 6) is -0.0791. The minimum atomic E-state index is -0.319. The molecule has 1 aliphatic rings. The molecule has 1 fully saturated rings. The van der Waals surface area contributed by atoms with Crippen molar-refractivity contribution < 1.29 is 14.6 Å². The predicted molar refractivity (Wildman–Crippen MR) is 87.0 cm³/mol. The highest BCUT2D eigenvalue weighted by atomic mass is 16.5. The topological polar surface area (TPSA) is 62.7 Å². The van der Waals surface area contributed by atoms with E-state index in [0.29, 0.717) is 18.7 Å². The Balaban J connectivity index is 1.85. The molecule has 1 amide bonds. The van der Waals surface area contributed by atoms with Gasteiger partial charge in [0.2, 0.25) is 0 Å². The monoisotopic (exact) mass is 312 g/mol. The summed E-state index contributed by atoms with van der Waals surface area (Å²) in [6.07, 6.45) is 3.02. The van der Waals surface area contributed by atoms with Crippen LogP contribution in [0.15, 0.2) is 48.8 Å². The minimum absolute atomic E-state index is 0.0225. The highest BCUT2D eigenvalue weighted by Crippen LogP contribution is 2.21. The molecule has 23 heavy (non-hydrogen) atoms. The zero-order chi connectivity index (χ0) is 16.2. The van der Waals surface area contributed by atoms with Crippen LogP contribution in [0.5, 0.6) is 0 Å². The Hall–Kier alpha value is -2.24. The van der Waals surface area contributed by atoms with Crippen LogP contribution in [0, 0.1) is 0 Å². The fraction of sp³-hybridized carbons (Fsp3) is 0.333. The summed E-state index contributed by atoms with van der Waals surface area (Å²) in [7, 11) is 0. The van der Waals surface area contributed by atoms with Crippen molar-refractivity contribution in [3.8, 4) is 11.1 Å². The van der Waals surface area contributed by atoms with Gasteiger partial charge in [0.1, 0.15) is 0 Å². The highest BCUT2D eigenvalue weighted by molar-refractivity contribution is 5.95. The van der Waals surface area contributed by atoms with Crippen molar-refractivity contribution in [1.29, 1.82) is 0 Å². The van der Waals surface area contributed by atoms with Gasteiger partial charge in [0, 0.05) is 24.5 Å². The Bertz CT molecular complexity index is 675. The molecular weight excluding hydrogens is 292 g/mol. The van der Waals surface area contributed by atoms with E-state index in [9.17, 15) is 9.90 Å². The molecule has 0 aliphatic carbocycles. The number of morpholine rings is 1. The summed E-state index contributed by atoms with van der Waals surface area (Å²) >= 11 is 0. The molecule has 1 N–H and O–H groups in total. The van der Waals surface area contributed by atoms with Crippen LogP contribution < -0.4 is 0 Å².